The first-order valence-electron chi connectivity index (χ1n) is 14.0. The molecule has 4 heterocycles. The van der Waals surface area contributed by atoms with Gasteiger partial charge in [0.2, 0.25) is 5.91 Å². The fourth-order valence-electron chi connectivity index (χ4n) is 6.60. The Morgan fingerprint density at radius 1 is 1.03 bits per heavy atom. The molecular formula is C30H38N2O6S. The number of rotatable bonds is 7. The molecule has 0 aliphatic carbocycles. The second-order valence-corrected chi connectivity index (χ2v) is 12.7. The molecule has 5 rings (SSSR count). The number of unbranched alkanes of at least 4 members (excludes halogenated alkanes) is 2. The van der Waals surface area contributed by atoms with E-state index in [1.54, 1.807) is 28.7 Å². The summed E-state index contributed by atoms with van der Waals surface area (Å²) in [6, 6.07) is 6.59. The van der Waals surface area contributed by atoms with Gasteiger partial charge in [0.25, 0.3) is 5.91 Å². The number of amides is 2. The number of carbonyl (C=O) groups excluding carboxylic acids is 3. The fourth-order valence-corrected chi connectivity index (χ4v) is 8.76. The van der Waals surface area contributed by atoms with Crippen molar-refractivity contribution in [2.75, 3.05) is 38.3 Å². The third-order valence-electron chi connectivity index (χ3n) is 8.44. The van der Waals surface area contributed by atoms with Crippen LogP contribution in [0.4, 0.5) is 5.69 Å². The summed E-state index contributed by atoms with van der Waals surface area (Å²) in [6.45, 7) is 3.20. The summed E-state index contributed by atoms with van der Waals surface area (Å²) in [6.07, 6.45) is 12.8. The van der Waals surface area contributed by atoms with Crippen molar-refractivity contribution < 1.29 is 29.0 Å². The molecule has 4 aliphatic rings. The summed E-state index contributed by atoms with van der Waals surface area (Å²) < 4.78 is 9.45. The van der Waals surface area contributed by atoms with E-state index >= 15 is 0 Å². The Labute approximate surface area is 234 Å². The number of aliphatic hydroxyl groups is 1. The number of cyclic esters (lactones) is 1. The summed E-state index contributed by atoms with van der Waals surface area (Å²) in [5.74, 6) is -1.38. The highest BCUT2D eigenvalue weighted by molar-refractivity contribution is 8.02. The van der Waals surface area contributed by atoms with Crippen LogP contribution < -0.4 is 9.64 Å². The molecule has 2 amide bonds. The lowest BCUT2D eigenvalue weighted by Gasteiger charge is -2.37. The van der Waals surface area contributed by atoms with Gasteiger partial charge in [-0.25, -0.2) is 0 Å². The number of methoxy groups -OCH3 is 1. The molecule has 39 heavy (non-hydrogen) atoms. The van der Waals surface area contributed by atoms with E-state index in [2.05, 4.69) is 12.2 Å². The van der Waals surface area contributed by atoms with E-state index < -0.39 is 27.4 Å². The van der Waals surface area contributed by atoms with Crippen LogP contribution in [0, 0.1) is 11.8 Å². The highest BCUT2D eigenvalue weighted by Gasteiger charge is 2.73. The van der Waals surface area contributed by atoms with Crippen LogP contribution in [0.25, 0.3) is 0 Å². The molecule has 1 spiro atoms. The molecular weight excluding hydrogens is 516 g/mol. The standard InChI is InChI=1S/C30H38N2O6S/c1-29-15-6-3-4-9-20-38-28(36)24(29)23-26(34)32(17-7-5-8-19-33)25-27(35)31(18-10-16-30(23,25)39-29)21-11-13-22(37-2)14-12-21/h6,10-16,23-25,33H,3-5,7-9,17-20H2,1-2H3/b15-6-/t23-,24+,25?,29-,30-/m0/s1. The van der Waals surface area contributed by atoms with Gasteiger partial charge in [-0.15, -0.1) is 11.8 Å². The maximum Gasteiger partial charge on any atom is 0.311 e. The molecule has 0 saturated carbocycles. The van der Waals surface area contributed by atoms with Crippen LogP contribution in [0.3, 0.4) is 0 Å². The third-order valence-corrected chi connectivity index (χ3v) is 10.2. The van der Waals surface area contributed by atoms with E-state index in [1.165, 1.54) is 0 Å². The van der Waals surface area contributed by atoms with Crippen molar-refractivity contribution in [2.45, 2.75) is 61.0 Å². The van der Waals surface area contributed by atoms with Crippen LogP contribution in [-0.4, -0.2) is 76.7 Å². The number of nitrogens with zero attached hydrogens (tertiary/aromatic N) is 2. The predicted octanol–water partition coefficient (Wildman–Crippen LogP) is 3.73. The number of aliphatic hydroxyl groups excluding tert-OH is 1. The van der Waals surface area contributed by atoms with Crippen LogP contribution in [-0.2, 0) is 19.1 Å². The van der Waals surface area contributed by atoms with Gasteiger partial charge in [-0.3, -0.25) is 14.4 Å². The van der Waals surface area contributed by atoms with E-state index in [9.17, 15) is 19.5 Å². The van der Waals surface area contributed by atoms with Gasteiger partial charge in [0.1, 0.15) is 11.8 Å². The van der Waals surface area contributed by atoms with Crippen molar-refractivity contribution >= 4 is 35.2 Å². The fraction of sp³-hybridized carbons (Fsp3) is 0.567. The van der Waals surface area contributed by atoms with Crippen LogP contribution >= 0.6 is 11.8 Å². The van der Waals surface area contributed by atoms with E-state index in [-0.39, 0.29) is 24.4 Å². The SMILES string of the molecule is COc1ccc(N2CC=C[C@]34S[C@@]5(C)/C=C\CCCCOC(=O)[C@H]5[C@H]3C(=O)N(CCCCCO)C4C2=O)cc1. The zero-order valence-corrected chi connectivity index (χ0v) is 23.5. The monoisotopic (exact) mass is 554 g/mol. The Kier molecular flexibility index (Phi) is 8.10. The Hall–Kier alpha value is -2.78. The molecule has 0 radical (unpaired) electrons. The van der Waals surface area contributed by atoms with Gasteiger partial charge in [0.15, 0.2) is 0 Å². The molecule has 9 heteroatoms. The van der Waals surface area contributed by atoms with Gasteiger partial charge in [0, 0.05) is 30.1 Å². The van der Waals surface area contributed by atoms with E-state index in [1.807, 2.05) is 43.3 Å². The summed E-state index contributed by atoms with van der Waals surface area (Å²) in [7, 11) is 1.60. The van der Waals surface area contributed by atoms with Gasteiger partial charge in [0.05, 0.1) is 30.3 Å². The number of fused-ring (bicyclic) bond motifs is 2. The molecule has 1 N–H and O–H groups in total. The molecule has 210 valence electrons. The number of carbonyl (C=O) groups is 3. The molecule has 1 aromatic carbocycles. The van der Waals surface area contributed by atoms with Crippen LogP contribution in [0.1, 0.15) is 45.4 Å². The molecule has 2 fully saturated rings. The molecule has 0 aromatic heterocycles. The summed E-state index contributed by atoms with van der Waals surface area (Å²) >= 11 is 1.57. The van der Waals surface area contributed by atoms with Gasteiger partial charge in [-0.05, 0) is 69.7 Å². The average molecular weight is 555 g/mol. The van der Waals surface area contributed by atoms with Crippen molar-refractivity contribution in [2.24, 2.45) is 11.8 Å². The van der Waals surface area contributed by atoms with Crippen molar-refractivity contribution in [3.8, 4) is 5.75 Å². The lowest BCUT2D eigenvalue weighted by atomic mass is 9.74. The number of hydrogen-bond donors (Lipinski definition) is 1. The molecule has 4 aliphatic heterocycles. The third kappa shape index (κ3) is 4.88. The highest BCUT2D eigenvalue weighted by Crippen LogP contribution is 2.65. The number of ether oxygens (including phenoxy) is 2. The van der Waals surface area contributed by atoms with Crippen molar-refractivity contribution in [1.29, 1.82) is 0 Å². The second-order valence-electron chi connectivity index (χ2n) is 10.9. The number of benzene rings is 1. The van der Waals surface area contributed by atoms with E-state index in [4.69, 9.17) is 9.47 Å². The van der Waals surface area contributed by atoms with Gasteiger partial charge in [-0.1, -0.05) is 24.3 Å². The number of thioether (sulfide) groups is 1. The van der Waals surface area contributed by atoms with Gasteiger partial charge in [-0.2, -0.15) is 0 Å². The van der Waals surface area contributed by atoms with Gasteiger partial charge >= 0.3 is 5.97 Å². The van der Waals surface area contributed by atoms with E-state index in [0.717, 1.165) is 31.4 Å². The molecule has 8 nitrogen and oxygen atoms in total. The number of allylic oxidation sites excluding steroid dienone is 1. The molecule has 2 saturated heterocycles. The minimum absolute atomic E-state index is 0.0886. The molecule has 1 unspecified atom stereocenters. The first-order valence-corrected chi connectivity index (χ1v) is 14.8. The van der Waals surface area contributed by atoms with Crippen LogP contribution in [0.2, 0.25) is 0 Å². The minimum atomic E-state index is -0.900. The second kappa shape index (κ2) is 11.4. The Bertz CT molecular complexity index is 1150. The summed E-state index contributed by atoms with van der Waals surface area (Å²) in [5, 5.41) is 9.26. The molecule has 1 aromatic rings. The van der Waals surface area contributed by atoms with Crippen LogP contribution in [0.15, 0.2) is 48.6 Å². The van der Waals surface area contributed by atoms with Crippen molar-refractivity contribution in [1.82, 2.24) is 4.90 Å². The van der Waals surface area contributed by atoms with Crippen molar-refractivity contribution in [3.05, 3.63) is 48.6 Å². The largest absolute Gasteiger partial charge is 0.497 e. The number of hydrogen-bond acceptors (Lipinski definition) is 7. The van der Waals surface area contributed by atoms with Crippen LogP contribution in [0.5, 0.6) is 5.75 Å². The zero-order valence-electron chi connectivity index (χ0n) is 22.7. The normalized spacial score (nSPS) is 33.2. The number of likely N-dealkylation sites (tertiary alicyclic amines) is 1. The maximum atomic E-state index is 14.5. The van der Waals surface area contributed by atoms with Gasteiger partial charge < -0.3 is 24.4 Å². The maximum absolute atomic E-state index is 14.5. The highest BCUT2D eigenvalue weighted by atomic mass is 32.2. The summed E-state index contributed by atoms with van der Waals surface area (Å²) in [5.41, 5.74) is 0.728. The first-order chi connectivity index (χ1) is 18.9. The number of esters is 1. The Balaban J connectivity index is 1.58. The smallest absolute Gasteiger partial charge is 0.311 e. The predicted molar refractivity (Wildman–Crippen MR) is 151 cm³/mol. The minimum Gasteiger partial charge on any atom is -0.497 e. The Morgan fingerprint density at radius 3 is 2.56 bits per heavy atom. The zero-order chi connectivity index (χ0) is 27.6. The van der Waals surface area contributed by atoms with Crippen molar-refractivity contribution in [3.63, 3.8) is 0 Å². The van der Waals surface area contributed by atoms with E-state index in [0.29, 0.717) is 38.3 Å². The topological polar surface area (TPSA) is 96.4 Å². The quantitative estimate of drug-likeness (QED) is 0.312. The molecule has 0 bridgehead atoms. The lowest BCUT2D eigenvalue weighted by molar-refractivity contribution is -0.154. The molecule has 5 atom stereocenters. The Morgan fingerprint density at radius 2 is 1.82 bits per heavy atom. The first kappa shape index (κ1) is 27.8. The average Bonchev–Trinajstić information content (AvgIpc) is 3.25. The summed E-state index contributed by atoms with van der Waals surface area (Å²) in [4.78, 5) is 45.8. The lowest BCUT2D eigenvalue weighted by Crippen LogP contribution is -2.53. The number of anilines is 1.